The lowest BCUT2D eigenvalue weighted by molar-refractivity contribution is -0.131. The van der Waals surface area contributed by atoms with Crippen molar-refractivity contribution in [2.75, 3.05) is 19.8 Å². The number of hydrogen-bond donors (Lipinski definition) is 0. The average Bonchev–Trinajstić information content (AvgIpc) is 3.18. The summed E-state index contributed by atoms with van der Waals surface area (Å²) >= 11 is 6.30. The lowest BCUT2D eigenvalue weighted by Crippen LogP contribution is -2.35. The summed E-state index contributed by atoms with van der Waals surface area (Å²) in [5.74, 6) is -1.42. The molecule has 1 aliphatic rings. The number of esters is 1. The van der Waals surface area contributed by atoms with Crippen molar-refractivity contribution in [1.29, 1.82) is 0 Å². The molecule has 0 saturated carbocycles. The number of halogens is 1. The molecule has 0 unspecified atom stereocenters. The Kier molecular flexibility index (Phi) is 5.46. The fourth-order valence-corrected chi connectivity index (χ4v) is 2.97. The Balaban J connectivity index is 1.68. The van der Waals surface area contributed by atoms with Gasteiger partial charge in [0, 0.05) is 0 Å². The van der Waals surface area contributed by atoms with E-state index in [4.69, 9.17) is 16.3 Å². The van der Waals surface area contributed by atoms with Crippen LogP contribution in [-0.4, -0.2) is 52.4 Å². The van der Waals surface area contributed by atoms with Gasteiger partial charge in [0.25, 0.3) is 5.91 Å². The van der Waals surface area contributed by atoms with Gasteiger partial charge in [-0.1, -0.05) is 41.4 Å². The number of amides is 2. The van der Waals surface area contributed by atoms with Crippen LogP contribution < -0.4 is 0 Å². The lowest BCUT2D eigenvalue weighted by atomic mass is 10.1. The summed E-state index contributed by atoms with van der Waals surface area (Å²) in [6, 6.07) is 7.86. The normalized spacial score (nSPS) is 13.6. The molecule has 142 valence electrons. The second kappa shape index (κ2) is 7.79. The molecule has 0 radical (unpaired) electrons. The maximum Gasteiger partial charge on any atom is 0.416 e. The van der Waals surface area contributed by atoms with E-state index in [1.807, 2.05) is 31.2 Å². The highest BCUT2D eigenvalue weighted by molar-refractivity contribution is 6.32. The molecule has 1 aromatic heterocycles. The molecule has 2 heterocycles. The smallest absolute Gasteiger partial charge is 0.416 e. The largest absolute Gasteiger partial charge is 0.452 e. The third-order valence-corrected chi connectivity index (χ3v) is 4.50. The van der Waals surface area contributed by atoms with Gasteiger partial charge in [-0.05, 0) is 19.4 Å². The number of benzene rings is 1. The van der Waals surface area contributed by atoms with Crippen LogP contribution in [0.2, 0.25) is 5.15 Å². The minimum absolute atomic E-state index is 0.0978. The monoisotopic (exact) mass is 391 g/mol. The molecule has 27 heavy (non-hydrogen) atoms. The molecule has 0 N–H and O–H groups in total. The van der Waals surface area contributed by atoms with E-state index in [2.05, 4.69) is 9.84 Å². The van der Waals surface area contributed by atoms with Gasteiger partial charge < -0.3 is 9.47 Å². The van der Waals surface area contributed by atoms with Gasteiger partial charge in [-0.3, -0.25) is 4.79 Å². The van der Waals surface area contributed by atoms with Gasteiger partial charge in [-0.2, -0.15) is 5.10 Å². The van der Waals surface area contributed by atoms with Crippen LogP contribution in [0.5, 0.6) is 0 Å². The standard InChI is InChI=1S/C18H18ClN3O5/c1-11-3-5-13(6-4-11)9-22-16(19)15(12(2)20-22)17(24)27-10-14(23)21-7-8-26-18(21)25/h3-6H,7-10H2,1-2H3. The van der Waals surface area contributed by atoms with Gasteiger partial charge in [0.2, 0.25) is 0 Å². The van der Waals surface area contributed by atoms with Crippen molar-refractivity contribution in [2.45, 2.75) is 20.4 Å². The van der Waals surface area contributed by atoms with Gasteiger partial charge in [0.05, 0.1) is 18.8 Å². The zero-order valence-corrected chi connectivity index (χ0v) is 15.7. The van der Waals surface area contributed by atoms with E-state index >= 15 is 0 Å². The summed E-state index contributed by atoms with van der Waals surface area (Å²) in [5.41, 5.74) is 2.61. The number of hydrogen-bond acceptors (Lipinski definition) is 6. The molecule has 1 aliphatic heterocycles. The van der Waals surface area contributed by atoms with Crippen LogP contribution in [0.3, 0.4) is 0 Å². The molecule has 1 fully saturated rings. The van der Waals surface area contributed by atoms with Crippen molar-refractivity contribution in [3.8, 4) is 0 Å². The summed E-state index contributed by atoms with van der Waals surface area (Å²) in [4.78, 5) is 36.5. The number of ether oxygens (including phenoxy) is 2. The van der Waals surface area contributed by atoms with Crippen molar-refractivity contribution >= 4 is 29.6 Å². The summed E-state index contributed by atoms with van der Waals surface area (Å²) in [7, 11) is 0. The first-order valence-electron chi connectivity index (χ1n) is 8.29. The molecule has 0 bridgehead atoms. The first-order valence-corrected chi connectivity index (χ1v) is 8.67. The molecule has 0 atom stereocenters. The average molecular weight is 392 g/mol. The van der Waals surface area contributed by atoms with Crippen LogP contribution in [0.1, 0.15) is 27.2 Å². The second-order valence-electron chi connectivity index (χ2n) is 6.13. The predicted octanol–water partition coefficient (Wildman–Crippen LogP) is 2.34. The molecule has 9 heteroatoms. The summed E-state index contributed by atoms with van der Waals surface area (Å²) in [6.07, 6.45) is -0.740. The van der Waals surface area contributed by atoms with Crippen molar-refractivity contribution in [2.24, 2.45) is 0 Å². The summed E-state index contributed by atoms with van der Waals surface area (Å²) in [6.45, 7) is 3.72. The number of nitrogens with zero attached hydrogens (tertiary/aromatic N) is 3. The Bertz CT molecular complexity index is 891. The molecule has 2 aromatic rings. The molecular weight excluding hydrogens is 374 g/mol. The van der Waals surface area contributed by atoms with E-state index in [0.29, 0.717) is 12.2 Å². The number of rotatable bonds is 5. The number of cyclic esters (lactones) is 1. The quantitative estimate of drug-likeness (QED) is 0.726. The zero-order valence-electron chi connectivity index (χ0n) is 14.9. The fourth-order valence-electron chi connectivity index (χ4n) is 2.65. The van der Waals surface area contributed by atoms with Gasteiger partial charge >= 0.3 is 12.1 Å². The van der Waals surface area contributed by atoms with Crippen molar-refractivity contribution in [3.63, 3.8) is 0 Å². The highest BCUT2D eigenvalue weighted by Gasteiger charge is 2.30. The van der Waals surface area contributed by atoms with Crippen LogP contribution in [0.4, 0.5) is 4.79 Å². The molecular formula is C18H18ClN3O5. The number of carbonyl (C=O) groups is 3. The number of aryl methyl sites for hydroxylation is 2. The third kappa shape index (κ3) is 4.11. The first kappa shape index (κ1) is 18.9. The van der Waals surface area contributed by atoms with Gasteiger partial charge in [-0.15, -0.1) is 0 Å². The van der Waals surface area contributed by atoms with Crippen LogP contribution in [0.25, 0.3) is 0 Å². The van der Waals surface area contributed by atoms with Crippen LogP contribution in [0, 0.1) is 13.8 Å². The Labute approximate surface area is 160 Å². The predicted molar refractivity (Wildman–Crippen MR) is 95.6 cm³/mol. The lowest BCUT2D eigenvalue weighted by Gasteiger charge is -2.10. The highest BCUT2D eigenvalue weighted by Crippen LogP contribution is 2.22. The highest BCUT2D eigenvalue weighted by atomic mass is 35.5. The summed E-state index contributed by atoms with van der Waals surface area (Å²) in [5, 5.41) is 4.41. The van der Waals surface area contributed by atoms with Crippen molar-refractivity contribution in [1.82, 2.24) is 14.7 Å². The number of carbonyl (C=O) groups excluding carboxylic acids is 3. The minimum atomic E-state index is -0.770. The summed E-state index contributed by atoms with van der Waals surface area (Å²) < 4.78 is 11.2. The van der Waals surface area contributed by atoms with Crippen LogP contribution in [-0.2, 0) is 20.8 Å². The molecule has 3 rings (SSSR count). The third-order valence-electron chi connectivity index (χ3n) is 4.11. The van der Waals surface area contributed by atoms with E-state index in [0.717, 1.165) is 16.0 Å². The zero-order chi connectivity index (χ0) is 19.6. The van der Waals surface area contributed by atoms with Crippen molar-refractivity contribution in [3.05, 3.63) is 51.8 Å². The maximum absolute atomic E-state index is 12.4. The van der Waals surface area contributed by atoms with Crippen LogP contribution in [0.15, 0.2) is 24.3 Å². The molecule has 8 nitrogen and oxygen atoms in total. The van der Waals surface area contributed by atoms with Gasteiger partial charge in [-0.25, -0.2) is 19.2 Å². The van der Waals surface area contributed by atoms with Gasteiger partial charge in [0.1, 0.15) is 17.3 Å². The second-order valence-corrected chi connectivity index (χ2v) is 6.49. The van der Waals surface area contributed by atoms with Crippen molar-refractivity contribution < 1.29 is 23.9 Å². The molecule has 1 saturated heterocycles. The Morgan fingerprint density at radius 2 is 1.96 bits per heavy atom. The Morgan fingerprint density at radius 1 is 1.26 bits per heavy atom. The first-order chi connectivity index (χ1) is 12.9. The SMILES string of the molecule is Cc1ccc(Cn2nc(C)c(C(=O)OCC(=O)N3CCOC3=O)c2Cl)cc1. The molecule has 1 aromatic carbocycles. The fraction of sp³-hybridized carbons (Fsp3) is 0.333. The number of aromatic nitrogens is 2. The van der Waals surface area contributed by atoms with Crippen LogP contribution >= 0.6 is 11.6 Å². The molecule has 2 amide bonds. The Morgan fingerprint density at radius 3 is 2.59 bits per heavy atom. The Hall–Kier alpha value is -2.87. The number of imide groups is 1. The topological polar surface area (TPSA) is 90.7 Å². The van der Waals surface area contributed by atoms with E-state index < -0.39 is 24.6 Å². The molecule has 0 spiro atoms. The van der Waals surface area contributed by atoms with E-state index in [9.17, 15) is 14.4 Å². The van der Waals surface area contributed by atoms with E-state index in [1.54, 1.807) is 6.92 Å². The van der Waals surface area contributed by atoms with E-state index in [-0.39, 0.29) is 23.9 Å². The van der Waals surface area contributed by atoms with Gasteiger partial charge in [0.15, 0.2) is 6.61 Å². The molecule has 0 aliphatic carbocycles. The van der Waals surface area contributed by atoms with E-state index in [1.165, 1.54) is 4.68 Å². The minimum Gasteiger partial charge on any atom is -0.452 e. The maximum atomic E-state index is 12.4.